The van der Waals surface area contributed by atoms with Crippen molar-refractivity contribution in [3.05, 3.63) is 28.2 Å². The second-order valence-electron chi connectivity index (χ2n) is 5.87. The lowest BCUT2D eigenvalue weighted by Gasteiger charge is -2.30. The number of nitrogens with two attached hydrogens (primary N) is 1. The molecule has 1 saturated heterocycles. The summed E-state index contributed by atoms with van der Waals surface area (Å²) in [5.41, 5.74) is 6.91. The molecule has 21 heavy (non-hydrogen) atoms. The summed E-state index contributed by atoms with van der Waals surface area (Å²) in [6.45, 7) is 6.45. The molecule has 1 fully saturated rings. The van der Waals surface area contributed by atoms with Crippen molar-refractivity contribution in [3.8, 4) is 0 Å². The van der Waals surface area contributed by atoms with Crippen LogP contribution in [0.2, 0.25) is 0 Å². The highest BCUT2D eigenvalue weighted by Gasteiger charge is 2.15. The van der Waals surface area contributed by atoms with Crippen molar-refractivity contribution in [2.75, 3.05) is 31.9 Å². The van der Waals surface area contributed by atoms with Crippen molar-refractivity contribution >= 4 is 27.5 Å². The standard InChI is InChI=1S/C16H24BrN3O/c1-12-5-9-20(10-6-12)8-2-7-19-16(21)14-4-3-13(17)11-15(14)18/h3-4,11-12H,2,5-10,18H2,1H3,(H,19,21). The third-order valence-electron chi connectivity index (χ3n) is 4.07. The Hall–Kier alpha value is -1.07. The van der Waals surface area contributed by atoms with Crippen molar-refractivity contribution in [1.82, 2.24) is 10.2 Å². The molecule has 116 valence electrons. The molecular formula is C16H24BrN3O. The van der Waals surface area contributed by atoms with Gasteiger partial charge in [-0.15, -0.1) is 0 Å². The SMILES string of the molecule is CC1CCN(CCCNC(=O)c2ccc(Br)cc2N)CC1. The number of carbonyl (C=O) groups excluding carboxylic acids is 1. The molecule has 0 aliphatic carbocycles. The van der Waals surface area contributed by atoms with E-state index in [1.807, 2.05) is 6.07 Å². The van der Waals surface area contributed by atoms with Crippen molar-refractivity contribution in [1.29, 1.82) is 0 Å². The van der Waals surface area contributed by atoms with Gasteiger partial charge in [-0.3, -0.25) is 4.79 Å². The largest absolute Gasteiger partial charge is 0.398 e. The summed E-state index contributed by atoms with van der Waals surface area (Å²) in [5, 5.41) is 2.95. The van der Waals surface area contributed by atoms with Gasteiger partial charge in [0, 0.05) is 16.7 Å². The number of hydrogen-bond acceptors (Lipinski definition) is 3. The summed E-state index contributed by atoms with van der Waals surface area (Å²) in [4.78, 5) is 14.5. The lowest BCUT2D eigenvalue weighted by molar-refractivity contribution is 0.0951. The second kappa shape index (κ2) is 7.80. The highest BCUT2D eigenvalue weighted by Crippen LogP contribution is 2.18. The lowest BCUT2D eigenvalue weighted by Crippen LogP contribution is -2.35. The van der Waals surface area contributed by atoms with Crippen LogP contribution in [0.5, 0.6) is 0 Å². The van der Waals surface area contributed by atoms with E-state index in [0.29, 0.717) is 17.8 Å². The Morgan fingerprint density at radius 3 is 2.81 bits per heavy atom. The van der Waals surface area contributed by atoms with Gasteiger partial charge < -0.3 is 16.0 Å². The fraction of sp³-hybridized carbons (Fsp3) is 0.562. The maximum Gasteiger partial charge on any atom is 0.253 e. The quantitative estimate of drug-likeness (QED) is 0.632. The summed E-state index contributed by atoms with van der Waals surface area (Å²) >= 11 is 3.34. The summed E-state index contributed by atoms with van der Waals surface area (Å²) in [6, 6.07) is 5.34. The van der Waals surface area contributed by atoms with Gasteiger partial charge in [-0.2, -0.15) is 0 Å². The van der Waals surface area contributed by atoms with Crippen LogP contribution in [-0.4, -0.2) is 37.0 Å². The number of nitrogens with zero attached hydrogens (tertiary/aromatic N) is 1. The summed E-state index contributed by atoms with van der Waals surface area (Å²) in [5.74, 6) is 0.772. The Labute approximate surface area is 135 Å². The Kier molecular flexibility index (Phi) is 6.06. The molecule has 0 unspecified atom stereocenters. The van der Waals surface area contributed by atoms with E-state index in [1.54, 1.807) is 12.1 Å². The van der Waals surface area contributed by atoms with Gasteiger partial charge in [0.15, 0.2) is 0 Å². The van der Waals surface area contributed by atoms with Gasteiger partial charge >= 0.3 is 0 Å². The second-order valence-corrected chi connectivity index (χ2v) is 6.78. The number of rotatable bonds is 5. The van der Waals surface area contributed by atoms with Gasteiger partial charge in [-0.1, -0.05) is 22.9 Å². The predicted octanol–water partition coefficient (Wildman–Crippen LogP) is 2.88. The number of likely N-dealkylation sites (tertiary alicyclic amines) is 1. The molecule has 0 spiro atoms. The minimum atomic E-state index is -0.0905. The molecule has 0 aromatic heterocycles. The van der Waals surface area contributed by atoms with Crippen LogP contribution in [0, 0.1) is 5.92 Å². The van der Waals surface area contributed by atoms with Crippen LogP contribution in [0.3, 0.4) is 0 Å². The first-order valence-corrected chi connectivity index (χ1v) is 8.41. The first kappa shape index (κ1) is 16.3. The van der Waals surface area contributed by atoms with Gasteiger partial charge in [0.2, 0.25) is 0 Å². The molecule has 4 nitrogen and oxygen atoms in total. The molecule has 1 heterocycles. The van der Waals surface area contributed by atoms with Crippen LogP contribution in [-0.2, 0) is 0 Å². The minimum Gasteiger partial charge on any atom is -0.398 e. The minimum absolute atomic E-state index is 0.0905. The van der Waals surface area contributed by atoms with Crippen molar-refractivity contribution < 1.29 is 4.79 Å². The first-order valence-electron chi connectivity index (χ1n) is 7.62. The number of amides is 1. The molecule has 3 N–H and O–H groups in total. The molecule has 0 bridgehead atoms. The number of carbonyl (C=O) groups is 1. The number of anilines is 1. The highest BCUT2D eigenvalue weighted by atomic mass is 79.9. The van der Waals surface area contributed by atoms with E-state index < -0.39 is 0 Å². The number of benzene rings is 1. The summed E-state index contributed by atoms with van der Waals surface area (Å²) < 4.78 is 0.885. The van der Waals surface area contributed by atoms with Crippen LogP contribution in [0.25, 0.3) is 0 Å². The zero-order valence-electron chi connectivity index (χ0n) is 12.6. The monoisotopic (exact) mass is 353 g/mol. The molecule has 1 aromatic rings. The third-order valence-corrected chi connectivity index (χ3v) is 4.56. The molecule has 0 radical (unpaired) electrons. The summed E-state index contributed by atoms with van der Waals surface area (Å²) in [7, 11) is 0. The zero-order valence-corrected chi connectivity index (χ0v) is 14.2. The molecule has 0 saturated carbocycles. The van der Waals surface area contributed by atoms with Gasteiger partial charge in [0.25, 0.3) is 5.91 Å². The van der Waals surface area contributed by atoms with E-state index in [4.69, 9.17) is 5.73 Å². The number of nitrogens with one attached hydrogen (secondary N) is 1. The van der Waals surface area contributed by atoms with Crippen molar-refractivity contribution in [2.24, 2.45) is 5.92 Å². The maximum absolute atomic E-state index is 12.1. The number of hydrogen-bond donors (Lipinski definition) is 2. The fourth-order valence-corrected chi connectivity index (χ4v) is 3.00. The van der Waals surface area contributed by atoms with E-state index in [0.717, 1.165) is 23.4 Å². The molecule has 1 aliphatic heterocycles. The van der Waals surface area contributed by atoms with Crippen molar-refractivity contribution in [3.63, 3.8) is 0 Å². The Bertz CT molecular complexity index is 484. The van der Waals surface area contributed by atoms with Crippen LogP contribution in [0.1, 0.15) is 36.5 Å². The van der Waals surface area contributed by atoms with Crippen LogP contribution < -0.4 is 11.1 Å². The molecule has 1 amide bonds. The molecule has 5 heteroatoms. The van der Waals surface area contributed by atoms with Crippen LogP contribution in [0.4, 0.5) is 5.69 Å². The molecular weight excluding hydrogens is 330 g/mol. The topological polar surface area (TPSA) is 58.4 Å². The average molecular weight is 354 g/mol. The number of piperidine rings is 1. The molecule has 0 atom stereocenters. The summed E-state index contributed by atoms with van der Waals surface area (Å²) in [6.07, 6.45) is 3.57. The molecule has 1 aromatic carbocycles. The Morgan fingerprint density at radius 1 is 1.43 bits per heavy atom. The van der Waals surface area contributed by atoms with Gasteiger partial charge in [0.05, 0.1) is 5.56 Å². The van der Waals surface area contributed by atoms with Crippen LogP contribution in [0.15, 0.2) is 22.7 Å². The highest BCUT2D eigenvalue weighted by molar-refractivity contribution is 9.10. The lowest BCUT2D eigenvalue weighted by atomic mass is 9.99. The van der Waals surface area contributed by atoms with Gasteiger partial charge in [0.1, 0.15) is 0 Å². The number of nitrogen functional groups attached to an aromatic ring is 1. The number of halogens is 1. The normalized spacial score (nSPS) is 16.9. The van der Waals surface area contributed by atoms with E-state index >= 15 is 0 Å². The van der Waals surface area contributed by atoms with Gasteiger partial charge in [-0.05, 0) is 63.0 Å². The Morgan fingerprint density at radius 2 is 2.14 bits per heavy atom. The molecule has 2 rings (SSSR count). The first-order chi connectivity index (χ1) is 10.1. The predicted molar refractivity (Wildman–Crippen MR) is 90.3 cm³/mol. The van der Waals surface area contributed by atoms with E-state index in [2.05, 4.69) is 33.1 Å². The zero-order chi connectivity index (χ0) is 15.2. The molecule has 1 aliphatic rings. The smallest absolute Gasteiger partial charge is 0.253 e. The van der Waals surface area contributed by atoms with E-state index in [1.165, 1.54) is 25.9 Å². The van der Waals surface area contributed by atoms with Crippen molar-refractivity contribution in [2.45, 2.75) is 26.2 Å². The van der Waals surface area contributed by atoms with Gasteiger partial charge in [-0.25, -0.2) is 0 Å². The fourth-order valence-electron chi connectivity index (χ4n) is 2.63. The van der Waals surface area contributed by atoms with E-state index in [-0.39, 0.29) is 5.91 Å². The van der Waals surface area contributed by atoms with E-state index in [9.17, 15) is 4.79 Å². The van der Waals surface area contributed by atoms with Crippen LogP contribution >= 0.6 is 15.9 Å². The Balaban J connectivity index is 1.69. The maximum atomic E-state index is 12.1. The average Bonchev–Trinajstić information content (AvgIpc) is 2.45. The third kappa shape index (κ3) is 5.00.